The number of hydrogen-bond acceptors (Lipinski definition) is 6. The van der Waals surface area contributed by atoms with E-state index < -0.39 is 17.9 Å². The summed E-state index contributed by atoms with van der Waals surface area (Å²) in [4.78, 5) is 40.5. The third kappa shape index (κ3) is 4.91. The number of carbonyl (C=O) groups is 3. The molecule has 0 aliphatic rings. The minimum absolute atomic E-state index is 0.127. The highest BCUT2D eigenvalue weighted by Gasteiger charge is 2.21. The lowest BCUT2D eigenvalue weighted by Gasteiger charge is -2.06. The van der Waals surface area contributed by atoms with Crippen LogP contribution in [0.5, 0.6) is 0 Å². The molecule has 0 aliphatic carbocycles. The van der Waals surface area contributed by atoms with Crippen LogP contribution in [0.1, 0.15) is 31.8 Å². The summed E-state index contributed by atoms with van der Waals surface area (Å²) >= 11 is 4.47. The molecule has 0 radical (unpaired) electrons. The molecule has 0 spiro atoms. The van der Waals surface area contributed by atoms with Crippen LogP contribution in [0.25, 0.3) is 40.4 Å². The highest BCUT2D eigenvalue weighted by molar-refractivity contribution is 7.28. The molecule has 5 aromatic rings. The molecule has 0 amide bonds. The van der Waals surface area contributed by atoms with Crippen molar-refractivity contribution in [3.63, 3.8) is 0 Å². The molecule has 3 heterocycles. The molecule has 0 atom stereocenters. The van der Waals surface area contributed by atoms with Gasteiger partial charge in [-0.25, -0.2) is 9.59 Å². The van der Waals surface area contributed by atoms with Gasteiger partial charge in [-0.2, -0.15) is 0 Å². The Hall–Kier alpha value is -4.05. The first kappa shape index (κ1) is 25.6. The summed E-state index contributed by atoms with van der Waals surface area (Å²) in [5.74, 6) is -3.02. The predicted molar refractivity (Wildman–Crippen MR) is 152 cm³/mol. The molecule has 0 fully saturated rings. The van der Waals surface area contributed by atoms with Crippen LogP contribution in [0.4, 0.5) is 0 Å². The second-order valence-corrected chi connectivity index (χ2v) is 11.7. The number of aliphatic carboxylic acids is 1. The summed E-state index contributed by atoms with van der Waals surface area (Å²) in [6, 6.07) is 21.4. The molecule has 5 rings (SSSR count). The first-order valence-corrected chi connectivity index (χ1v) is 13.9. The molecule has 6 nitrogen and oxygen atoms in total. The van der Waals surface area contributed by atoms with Crippen molar-refractivity contribution in [2.45, 2.75) is 13.3 Å². The second-order valence-electron chi connectivity index (χ2n) is 8.52. The minimum Gasteiger partial charge on any atom is -0.481 e. The number of aromatic carboxylic acids is 2. The van der Waals surface area contributed by atoms with Gasteiger partial charge in [0.25, 0.3) is 0 Å². The Bertz CT molecular complexity index is 1700. The lowest BCUT2D eigenvalue weighted by Crippen LogP contribution is -2.02. The number of hydrogen-bond donors (Lipinski definition) is 3. The van der Waals surface area contributed by atoms with Crippen LogP contribution >= 0.6 is 34.0 Å². The molecule has 3 N–H and O–H groups in total. The first-order chi connectivity index (χ1) is 18.2. The van der Waals surface area contributed by atoms with E-state index in [1.54, 1.807) is 41.7 Å². The van der Waals surface area contributed by atoms with E-state index in [9.17, 15) is 29.7 Å². The van der Waals surface area contributed by atoms with Crippen molar-refractivity contribution in [2.24, 2.45) is 0 Å². The molecule has 38 heavy (non-hydrogen) atoms. The van der Waals surface area contributed by atoms with E-state index >= 15 is 0 Å². The van der Waals surface area contributed by atoms with Crippen LogP contribution < -0.4 is 0 Å². The summed E-state index contributed by atoms with van der Waals surface area (Å²) in [5, 5.41) is 28.8. The van der Waals surface area contributed by atoms with E-state index in [2.05, 4.69) is 0 Å². The van der Waals surface area contributed by atoms with Crippen LogP contribution in [0.2, 0.25) is 0 Å². The van der Waals surface area contributed by atoms with Crippen LogP contribution in [-0.4, -0.2) is 33.2 Å². The lowest BCUT2D eigenvalue weighted by atomic mass is 10.0. The zero-order valence-electron chi connectivity index (χ0n) is 19.9. The van der Waals surface area contributed by atoms with E-state index in [1.165, 1.54) is 28.7 Å². The Balaban J connectivity index is 1.54. The van der Waals surface area contributed by atoms with E-state index in [1.807, 2.05) is 43.3 Å². The Morgan fingerprint density at radius 1 is 0.632 bits per heavy atom. The second kappa shape index (κ2) is 10.4. The van der Waals surface area contributed by atoms with Crippen molar-refractivity contribution in [2.75, 3.05) is 0 Å². The Kier molecular flexibility index (Phi) is 6.98. The Morgan fingerprint density at radius 2 is 1.13 bits per heavy atom. The van der Waals surface area contributed by atoms with Gasteiger partial charge in [0.1, 0.15) is 0 Å². The van der Waals surface area contributed by atoms with Gasteiger partial charge in [0.2, 0.25) is 0 Å². The van der Waals surface area contributed by atoms with Gasteiger partial charge in [-0.3, -0.25) is 4.79 Å². The fourth-order valence-corrected chi connectivity index (χ4v) is 7.88. The number of carboxylic acid groups (broad SMARTS) is 3. The molecule has 190 valence electrons. The molecule has 0 saturated carbocycles. The van der Waals surface area contributed by atoms with Gasteiger partial charge in [-0.05, 0) is 54.4 Å². The number of rotatable bonds is 8. The van der Waals surface area contributed by atoms with E-state index in [0.29, 0.717) is 21.6 Å². The third-order valence-corrected chi connectivity index (χ3v) is 9.92. The molecule has 3 aromatic heterocycles. The number of benzene rings is 2. The average Bonchev–Trinajstić information content (AvgIpc) is 3.62. The van der Waals surface area contributed by atoms with Gasteiger partial charge in [-0.15, -0.1) is 34.0 Å². The molecule has 0 unspecified atom stereocenters. The van der Waals surface area contributed by atoms with E-state index in [4.69, 9.17) is 0 Å². The van der Waals surface area contributed by atoms with Crippen molar-refractivity contribution in [3.8, 4) is 40.4 Å². The quantitative estimate of drug-likeness (QED) is 0.178. The van der Waals surface area contributed by atoms with Crippen LogP contribution in [0, 0.1) is 6.92 Å². The smallest absolute Gasteiger partial charge is 0.336 e. The maximum Gasteiger partial charge on any atom is 0.336 e. The zero-order chi connectivity index (χ0) is 27.0. The largest absolute Gasteiger partial charge is 0.481 e. The number of thiophene rings is 3. The van der Waals surface area contributed by atoms with E-state index in [-0.39, 0.29) is 17.5 Å². The molecule has 0 aliphatic heterocycles. The molecule has 9 heteroatoms. The maximum atomic E-state index is 11.8. The topological polar surface area (TPSA) is 112 Å². The zero-order valence-corrected chi connectivity index (χ0v) is 22.4. The van der Waals surface area contributed by atoms with Crippen LogP contribution in [0.3, 0.4) is 0 Å². The van der Waals surface area contributed by atoms with Gasteiger partial charge >= 0.3 is 17.9 Å². The Morgan fingerprint density at radius 3 is 1.68 bits per heavy atom. The summed E-state index contributed by atoms with van der Waals surface area (Å²) in [5.41, 5.74) is 3.13. The number of carboxylic acids is 3. The normalized spacial score (nSPS) is 11.0. The minimum atomic E-state index is -1.07. The monoisotopic (exact) mass is 560 g/mol. The summed E-state index contributed by atoms with van der Waals surface area (Å²) in [6.07, 6.45) is -0.214. The Labute approximate surface area is 229 Å². The van der Waals surface area contributed by atoms with Crippen molar-refractivity contribution >= 4 is 51.9 Å². The van der Waals surface area contributed by atoms with E-state index in [0.717, 1.165) is 29.9 Å². The number of aryl methyl sites for hydroxylation is 1. The van der Waals surface area contributed by atoms with Crippen LogP contribution in [0.15, 0.2) is 72.8 Å². The average molecular weight is 561 g/mol. The molecular formula is C29H20O6S3. The van der Waals surface area contributed by atoms with Crippen molar-refractivity contribution in [1.29, 1.82) is 0 Å². The van der Waals surface area contributed by atoms with Gasteiger partial charge in [0.15, 0.2) is 0 Å². The summed E-state index contributed by atoms with van der Waals surface area (Å²) in [7, 11) is 0. The van der Waals surface area contributed by atoms with Gasteiger partial charge in [0, 0.05) is 40.4 Å². The standard InChI is InChI=1S/C29H20O6S3/c1-15-12-23(37-26(15)17-6-2-4-8-19(17)28(32)33)21-10-11-22(36-21)24-13-16(14-25(30)31)27(38-24)18-7-3-5-9-20(18)29(34)35/h2-13H,14H2,1H3,(H,30,31)(H,32,33)(H,34,35). The van der Waals surface area contributed by atoms with Crippen molar-refractivity contribution in [1.82, 2.24) is 0 Å². The molecular weight excluding hydrogens is 541 g/mol. The first-order valence-electron chi connectivity index (χ1n) is 11.4. The highest BCUT2D eigenvalue weighted by atomic mass is 32.1. The summed E-state index contributed by atoms with van der Waals surface area (Å²) < 4.78 is 0. The third-order valence-electron chi connectivity index (χ3n) is 5.96. The fourth-order valence-electron chi connectivity index (χ4n) is 4.28. The highest BCUT2D eigenvalue weighted by Crippen LogP contribution is 2.46. The van der Waals surface area contributed by atoms with Crippen molar-refractivity contribution in [3.05, 3.63) is 95.1 Å². The fraction of sp³-hybridized carbons (Fsp3) is 0.0690. The molecule has 2 aromatic carbocycles. The predicted octanol–water partition coefficient (Wildman–Crippen LogP) is 7.87. The molecule has 0 bridgehead atoms. The van der Waals surface area contributed by atoms with Crippen LogP contribution in [-0.2, 0) is 11.2 Å². The van der Waals surface area contributed by atoms with Gasteiger partial charge in [-0.1, -0.05) is 36.4 Å². The SMILES string of the molecule is Cc1cc(-c2ccc(-c3cc(CC(=O)O)c(-c4ccccc4C(=O)O)s3)s2)sc1-c1ccccc1C(=O)O. The molecule has 0 saturated heterocycles. The summed E-state index contributed by atoms with van der Waals surface area (Å²) in [6.45, 7) is 1.96. The van der Waals surface area contributed by atoms with Gasteiger partial charge in [0.05, 0.1) is 17.5 Å². The lowest BCUT2D eigenvalue weighted by molar-refractivity contribution is -0.136. The van der Waals surface area contributed by atoms with Gasteiger partial charge < -0.3 is 15.3 Å². The maximum absolute atomic E-state index is 11.8. The van der Waals surface area contributed by atoms with Crippen molar-refractivity contribution < 1.29 is 29.7 Å².